The summed E-state index contributed by atoms with van der Waals surface area (Å²) in [5, 5.41) is 11.5. The summed E-state index contributed by atoms with van der Waals surface area (Å²) in [6.07, 6.45) is 1.66. The summed E-state index contributed by atoms with van der Waals surface area (Å²) >= 11 is 0. The summed E-state index contributed by atoms with van der Waals surface area (Å²) in [6, 6.07) is 14.8. The van der Waals surface area contributed by atoms with Gasteiger partial charge in [-0.05, 0) is 43.8 Å². The van der Waals surface area contributed by atoms with E-state index in [1.165, 1.54) is 4.31 Å². The maximum absolute atomic E-state index is 10.3. The molecule has 2 heterocycles. The fourth-order valence-electron chi connectivity index (χ4n) is 3.21. The van der Waals surface area contributed by atoms with Crippen LogP contribution in [0.15, 0.2) is 64.0 Å². The molecule has 0 aliphatic carbocycles. The van der Waals surface area contributed by atoms with Crippen molar-refractivity contribution in [2.24, 2.45) is 0 Å². The second kappa shape index (κ2) is 9.38. The van der Waals surface area contributed by atoms with Gasteiger partial charge in [0, 0.05) is 31.8 Å². The summed E-state index contributed by atoms with van der Waals surface area (Å²) in [6.45, 7) is 2.61. The van der Waals surface area contributed by atoms with Crippen LogP contribution < -0.4 is 5.32 Å². The van der Waals surface area contributed by atoms with Gasteiger partial charge < -0.3 is 9.73 Å². The Bertz CT molecular complexity index is 1240. The van der Waals surface area contributed by atoms with Crippen molar-refractivity contribution in [3.63, 3.8) is 0 Å². The summed E-state index contributed by atoms with van der Waals surface area (Å²) < 4.78 is 27.9. The molecule has 10 heteroatoms. The first-order valence-electron chi connectivity index (χ1n) is 10.3. The zero-order valence-corrected chi connectivity index (χ0v) is 19.7. The molecule has 0 fully saturated rings. The predicted molar refractivity (Wildman–Crippen MR) is 128 cm³/mol. The molecule has 9 nitrogen and oxygen atoms in total. The number of hydrogen-bond acceptors (Lipinski definition) is 9. The average molecular weight is 467 g/mol. The molecule has 0 aliphatic heterocycles. The first-order valence-corrected chi connectivity index (χ1v) is 11.8. The highest BCUT2D eigenvalue weighted by Crippen LogP contribution is 2.49. The Morgan fingerprint density at radius 1 is 0.939 bits per heavy atom. The third-order valence-electron chi connectivity index (χ3n) is 5.14. The first-order chi connectivity index (χ1) is 15.8. The van der Waals surface area contributed by atoms with Gasteiger partial charge in [-0.1, -0.05) is 24.3 Å². The Balaban J connectivity index is 1.62. The zero-order valence-electron chi connectivity index (χ0n) is 18.9. The lowest BCUT2D eigenvalue weighted by atomic mass is 10.1. The van der Waals surface area contributed by atoms with E-state index < -0.39 is 10.8 Å². The maximum Gasteiger partial charge on any atom is 0.268 e. The number of nitrogens with one attached hydrogen (secondary N) is 1. The smallest absolute Gasteiger partial charge is 0.268 e. The SMILES string of the molecule is CNCc1ccc(-c2nnc(-c3nc(-c4ccc(S(O)(O)N(C)C)cc4)cnc3C)o2)cc1. The second-order valence-corrected chi connectivity index (χ2v) is 9.92. The van der Waals surface area contributed by atoms with Gasteiger partial charge in [0.1, 0.15) is 5.69 Å². The van der Waals surface area contributed by atoms with Crippen molar-refractivity contribution in [3.8, 4) is 34.3 Å². The highest BCUT2D eigenvalue weighted by molar-refractivity contribution is 8.22. The number of hydrogen-bond donors (Lipinski definition) is 3. The lowest BCUT2D eigenvalue weighted by Crippen LogP contribution is -2.18. The van der Waals surface area contributed by atoms with E-state index in [0.29, 0.717) is 27.9 Å². The summed E-state index contributed by atoms with van der Waals surface area (Å²) in [5.41, 5.74) is 4.54. The minimum absolute atomic E-state index is 0.287. The van der Waals surface area contributed by atoms with E-state index >= 15 is 0 Å². The second-order valence-electron chi connectivity index (χ2n) is 7.68. The fourth-order valence-corrected chi connectivity index (χ4v) is 4.14. The highest BCUT2D eigenvalue weighted by Gasteiger charge is 2.19. The van der Waals surface area contributed by atoms with E-state index in [0.717, 1.165) is 23.2 Å². The van der Waals surface area contributed by atoms with E-state index in [1.807, 2.05) is 38.2 Å². The van der Waals surface area contributed by atoms with Crippen molar-refractivity contribution in [3.05, 3.63) is 66.0 Å². The van der Waals surface area contributed by atoms with E-state index in [-0.39, 0.29) is 5.89 Å². The van der Waals surface area contributed by atoms with E-state index in [1.54, 1.807) is 44.6 Å². The first kappa shape index (κ1) is 23.0. The fraction of sp³-hybridized carbons (Fsp3) is 0.217. The van der Waals surface area contributed by atoms with Gasteiger partial charge in [-0.2, -0.15) is 0 Å². The van der Waals surface area contributed by atoms with E-state index in [2.05, 4.69) is 25.5 Å². The molecule has 0 radical (unpaired) electrons. The maximum atomic E-state index is 10.3. The van der Waals surface area contributed by atoms with Crippen LogP contribution in [0.4, 0.5) is 0 Å². The molecule has 4 rings (SSSR count). The zero-order chi connectivity index (χ0) is 23.6. The van der Waals surface area contributed by atoms with Crippen LogP contribution in [0.5, 0.6) is 0 Å². The lowest BCUT2D eigenvalue weighted by Gasteiger charge is -2.38. The Morgan fingerprint density at radius 3 is 2.21 bits per heavy atom. The number of aryl methyl sites for hydroxylation is 1. The van der Waals surface area contributed by atoms with Crippen LogP contribution >= 0.6 is 10.8 Å². The quantitative estimate of drug-likeness (QED) is 0.362. The van der Waals surface area contributed by atoms with Gasteiger partial charge in [-0.3, -0.25) is 14.1 Å². The van der Waals surface area contributed by atoms with Crippen molar-refractivity contribution in [1.82, 2.24) is 29.8 Å². The Hall–Kier alpha value is -3.15. The molecule has 0 bridgehead atoms. The van der Waals surface area contributed by atoms with Gasteiger partial charge in [0.25, 0.3) is 5.89 Å². The molecule has 0 aliphatic rings. The van der Waals surface area contributed by atoms with Crippen molar-refractivity contribution in [2.75, 3.05) is 21.1 Å². The van der Waals surface area contributed by atoms with Gasteiger partial charge >= 0.3 is 0 Å². The van der Waals surface area contributed by atoms with Gasteiger partial charge in [-0.25, -0.2) is 9.29 Å². The van der Waals surface area contributed by atoms with Crippen LogP contribution in [0.1, 0.15) is 11.3 Å². The summed E-state index contributed by atoms with van der Waals surface area (Å²) in [4.78, 5) is 9.57. The molecule has 0 atom stereocenters. The van der Waals surface area contributed by atoms with Crippen molar-refractivity contribution >= 4 is 10.8 Å². The molecule has 2 aromatic carbocycles. The van der Waals surface area contributed by atoms with Crippen molar-refractivity contribution < 1.29 is 13.5 Å². The third kappa shape index (κ3) is 4.80. The molecule has 4 aromatic rings. The average Bonchev–Trinajstić information content (AvgIpc) is 3.30. The molecule has 33 heavy (non-hydrogen) atoms. The lowest BCUT2D eigenvalue weighted by molar-refractivity contribution is 0.414. The monoisotopic (exact) mass is 466 g/mol. The molecule has 0 saturated carbocycles. The molecule has 0 amide bonds. The van der Waals surface area contributed by atoms with E-state index in [9.17, 15) is 9.11 Å². The van der Waals surface area contributed by atoms with Crippen LogP contribution in [-0.2, 0) is 6.54 Å². The molecular formula is C23H26N6O3S. The molecule has 2 aromatic heterocycles. The molecule has 0 unspecified atom stereocenters. The molecule has 0 spiro atoms. The van der Waals surface area contributed by atoms with Crippen LogP contribution in [0.2, 0.25) is 0 Å². The Kier molecular flexibility index (Phi) is 6.54. The minimum atomic E-state index is -3.00. The van der Waals surface area contributed by atoms with Crippen molar-refractivity contribution in [1.29, 1.82) is 0 Å². The normalized spacial score (nSPS) is 12.3. The number of aromatic nitrogens is 4. The largest absolute Gasteiger partial charge is 0.415 e. The number of rotatable bonds is 7. The molecule has 172 valence electrons. The highest BCUT2D eigenvalue weighted by atomic mass is 32.3. The van der Waals surface area contributed by atoms with E-state index in [4.69, 9.17) is 4.42 Å². The molecular weight excluding hydrogens is 440 g/mol. The Morgan fingerprint density at radius 2 is 1.58 bits per heavy atom. The minimum Gasteiger partial charge on any atom is -0.415 e. The van der Waals surface area contributed by atoms with Crippen LogP contribution in [0.25, 0.3) is 34.3 Å². The van der Waals surface area contributed by atoms with Gasteiger partial charge in [-0.15, -0.1) is 21.0 Å². The predicted octanol–water partition coefficient (Wildman–Crippen LogP) is 4.47. The Labute approximate surface area is 194 Å². The van der Waals surface area contributed by atoms with Crippen LogP contribution in [0, 0.1) is 6.92 Å². The molecule has 0 saturated heterocycles. The van der Waals surface area contributed by atoms with Gasteiger partial charge in [0.15, 0.2) is 0 Å². The molecule has 3 N–H and O–H groups in total. The standard InChI is InChI=1S/C23H26N6O3S/c1-15-21(23-28-27-22(32-23)18-7-5-16(6-8-18)13-24-2)26-20(14-25-15)17-9-11-19(12-10-17)33(30,31)29(3)4/h5-12,14,24,30-31H,13H2,1-4H3. The van der Waals surface area contributed by atoms with Crippen LogP contribution in [-0.4, -0.2) is 54.7 Å². The topological polar surface area (TPSA) is 120 Å². The van der Waals surface area contributed by atoms with Crippen LogP contribution in [0.3, 0.4) is 0 Å². The van der Waals surface area contributed by atoms with Crippen molar-refractivity contribution in [2.45, 2.75) is 18.4 Å². The summed E-state index contributed by atoms with van der Waals surface area (Å²) in [5.74, 6) is 0.695. The summed E-state index contributed by atoms with van der Waals surface area (Å²) in [7, 11) is 2.14. The van der Waals surface area contributed by atoms with Gasteiger partial charge in [0.2, 0.25) is 5.89 Å². The third-order valence-corrected chi connectivity index (χ3v) is 7.06. The number of nitrogens with zero attached hydrogens (tertiary/aromatic N) is 5. The van der Waals surface area contributed by atoms with Gasteiger partial charge in [0.05, 0.1) is 22.5 Å². The number of benzene rings is 2.